The maximum Gasteiger partial charge on any atom is 0.253 e. The van der Waals surface area contributed by atoms with E-state index < -0.39 is 0 Å². The van der Waals surface area contributed by atoms with Crippen molar-refractivity contribution in [2.75, 3.05) is 28.3 Å². The predicted octanol–water partition coefficient (Wildman–Crippen LogP) is 4.03. The molecule has 0 aliphatic heterocycles. The molecule has 5 heteroatoms. The van der Waals surface area contributed by atoms with Crippen LogP contribution in [0.15, 0.2) is 55.1 Å². The van der Waals surface area contributed by atoms with E-state index >= 15 is 0 Å². The van der Waals surface area contributed by atoms with Crippen LogP contribution in [0.5, 0.6) is 11.5 Å². The first-order valence-electron chi connectivity index (χ1n) is 8.81. The van der Waals surface area contributed by atoms with Crippen molar-refractivity contribution in [1.82, 2.24) is 4.90 Å². The average molecular weight is 379 g/mol. The number of methoxy groups -OCH3 is 2. The second-order valence-corrected chi connectivity index (χ2v) is 6.37. The van der Waals surface area contributed by atoms with Gasteiger partial charge in [-0.15, -0.1) is 6.58 Å². The molecule has 5 nitrogen and oxygen atoms in total. The van der Waals surface area contributed by atoms with Crippen LogP contribution < -0.4 is 9.47 Å². The minimum absolute atomic E-state index is 0.104. The van der Waals surface area contributed by atoms with Gasteiger partial charge in [0.1, 0.15) is 11.5 Å². The summed E-state index contributed by atoms with van der Waals surface area (Å²) < 4.78 is 10.8. The third kappa shape index (κ3) is 4.88. The number of hydrogen-bond acceptors (Lipinski definition) is 4. The summed E-state index contributed by atoms with van der Waals surface area (Å²) in [4.78, 5) is 25.9. The molecule has 0 heterocycles. The molecule has 0 radical (unpaired) electrons. The van der Waals surface area contributed by atoms with E-state index in [9.17, 15) is 9.59 Å². The molecule has 0 aromatic heterocycles. The first kappa shape index (κ1) is 21.0. The van der Waals surface area contributed by atoms with Crippen LogP contribution in [-0.2, 0) is 6.42 Å². The van der Waals surface area contributed by atoms with Gasteiger partial charge in [-0.05, 0) is 42.3 Å². The van der Waals surface area contributed by atoms with Gasteiger partial charge in [-0.2, -0.15) is 0 Å². The fourth-order valence-electron chi connectivity index (χ4n) is 2.73. The Morgan fingerprint density at radius 1 is 1.00 bits per heavy atom. The SMILES string of the molecule is C=CCc1cc(C=CC(=O)c2ccc(C(=O)N(C)C)cc2)c(OC)cc1OC. The molecule has 0 atom stereocenters. The van der Waals surface area contributed by atoms with E-state index in [1.807, 2.05) is 6.07 Å². The summed E-state index contributed by atoms with van der Waals surface area (Å²) in [5, 5.41) is 0. The van der Waals surface area contributed by atoms with Gasteiger partial charge in [-0.3, -0.25) is 9.59 Å². The van der Waals surface area contributed by atoms with Gasteiger partial charge in [0.05, 0.1) is 14.2 Å². The van der Waals surface area contributed by atoms with Crippen LogP contribution in [0, 0.1) is 0 Å². The lowest BCUT2D eigenvalue weighted by atomic mass is 10.0. The normalized spacial score (nSPS) is 10.6. The zero-order chi connectivity index (χ0) is 20.7. The van der Waals surface area contributed by atoms with Crippen molar-refractivity contribution in [3.8, 4) is 11.5 Å². The summed E-state index contributed by atoms with van der Waals surface area (Å²) >= 11 is 0. The van der Waals surface area contributed by atoms with E-state index in [1.54, 1.807) is 70.8 Å². The number of nitrogens with zero attached hydrogens (tertiary/aromatic N) is 1. The Hall–Kier alpha value is -3.34. The van der Waals surface area contributed by atoms with Crippen LogP contribution in [0.4, 0.5) is 0 Å². The summed E-state index contributed by atoms with van der Waals surface area (Å²) in [7, 11) is 6.55. The van der Waals surface area contributed by atoms with Crippen molar-refractivity contribution in [2.24, 2.45) is 0 Å². The van der Waals surface area contributed by atoms with Gasteiger partial charge in [-0.1, -0.05) is 18.2 Å². The number of hydrogen-bond donors (Lipinski definition) is 0. The highest BCUT2D eigenvalue weighted by Gasteiger charge is 2.11. The number of rotatable bonds is 8. The quantitative estimate of drug-likeness (QED) is 0.395. The minimum atomic E-state index is -0.160. The third-order valence-electron chi connectivity index (χ3n) is 4.23. The molecule has 2 rings (SSSR count). The highest BCUT2D eigenvalue weighted by molar-refractivity contribution is 6.07. The van der Waals surface area contributed by atoms with E-state index in [-0.39, 0.29) is 11.7 Å². The second kappa shape index (κ2) is 9.55. The van der Waals surface area contributed by atoms with Crippen LogP contribution in [0.2, 0.25) is 0 Å². The van der Waals surface area contributed by atoms with Crippen LogP contribution in [0.1, 0.15) is 31.8 Å². The highest BCUT2D eigenvalue weighted by Crippen LogP contribution is 2.30. The molecule has 0 N–H and O–H groups in total. The summed E-state index contributed by atoms with van der Waals surface area (Å²) in [6.07, 6.45) is 5.64. The number of ether oxygens (including phenoxy) is 2. The number of allylic oxidation sites excluding steroid dienone is 2. The topological polar surface area (TPSA) is 55.8 Å². The number of benzene rings is 2. The van der Waals surface area contributed by atoms with E-state index in [0.29, 0.717) is 29.0 Å². The van der Waals surface area contributed by atoms with Crippen molar-refractivity contribution in [2.45, 2.75) is 6.42 Å². The van der Waals surface area contributed by atoms with Gasteiger partial charge in [0.15, 0.2) is 5.78 Å². The molecular formula is C23H25NO4. The molecule has 0 unspecified atom stereocenters. The van der Waals surface area contributed by atoms with Gasteiger partial charge < -0.3 is 14.4 Å². The van der Waals surface area contributed by atoms with Crippen molar-refractivity contribution in [1.29, 1.82) is 0 Å². The molecule has 0 spiro atoms. The monoisotopic (exact) mass is 379 g/mol. The van der Waals surface area contributed by atoms with Gasteiger partial charge >= 0.3 is 0 Å². The molecule has 28 heavy (non-hydrogen) atoms. The zero-order valence-corrected chi connectivity index (χ0v) is 16.7. The fourth-order valence-corrected chi connectivity index (χ4v) is 2.73. The summed E-state index contributed by atoms with van der Waals surface area (Å²) in [6, 6.07) is 10.3. The lowest BCUT2D eigenvalue weighted by Gasteiger charge is -2.12. The standard InChI is InChI=1S/C23H25NO4/c1-6-7-18-14-19(22(28-5)15-21(18)27-4)12-13-20(25)16-8-10-17(11-9-16)23(26)24(2)3/h6,8-15H,1,7H2,2-5H3. The minimum Gasteiger partial charge on any atom is -0.496 e. The van der Waals surface area contributed by atoms with E-state index in [1.165, 1.54) is 11.0 Å². The third-order valence-corrected chi connectivity index (χ3v) is 4.23. The first-order chi connectivity index (χ1) is 13.4. The Labute approximate surface area is 165 Å². The number of amides is 1. The van der Waals surface area contributed by atoms with Gasteiger partial charge in [0, 0.05) is 36.9 Å². The number of carbonyl (C=O) groups is 2. The number of carbonyl (C=O) groups excluding carboxylic acids is 2. The number of ketones is 1. The lowest BCUT2D eigenvalue weighted by molar-refractivity contribution is 0.0827. The second-order valence-electron chi connectivity index (χ2n) is 6.37. The Morgan fingerprint density at radius 3 is 2.14 bits per heavy atom. The molecule has 146 valence electrons. The first-order valence-corrected chi connectivity index (χ1v) is 8.81. The molecule has 2 aromatic carbocycles. The lowest BCUT2D eigenvalue weighted by Crippen LogP contribution is -2.21. The average Bonchev–Trinajstić information content (AvgIpc) is 2.71. The van der Waals surface area contributed by atoms with Crippen molar-refractivity contribution in [3.63, 3.8) is 0 Å². The van der Waals surface area contributed by atoms with Gasteiger partial charge in [-0.25, -0.2) is 0 Å². The smallest absolute Gasteiger partial charge is 0.253 e. The zero-order valence-electron chi connectivity index (χ0n) is 16.7. The summed E-state index contributed by atoms with van der Waals surface area (Å²) in [5.74, 6) is 1.06. The van der Waals surface area contributed by atoms with Crippen LogP contribution >= 0.6 is 0 Å². The van der Waals surface area contributed by atoms with Crippen molar-refractivity contribution >= 4 is 17.8 Å². The van der Waals surface area contributed by atoms with E-state index in [2.05, 4.69) is 6.58 Å². The van der Waals surface area contributed by atoms with Gasteiger partial charge in [0.2, 0.25) is 0 Å². The predicted molar refractivity (Wildman–Crippen MR) is 111 cm³/mol. The molecule has 1 amide bonds. The van der Waals surface area contributed by atoms with Gasteiger partial charge in [0.25, 0.3) is 5.91 Å². The molecule has 0 bridgehead atoms. The van der Waals surface area contributed by atoms with Crippen LogP contribution in [0.3, 0.4) is 0 Å². The maximum absolute atomic E-state index is 12.5. The Bertz CT molecular complexity index is 896. The summed E-state index contributed by atoms with van der Waals surface area (Å²) in [5.41, 5.74) is 2.77. The molecule has 2 aromatic rings. The molecule has 0 saturated carbocycles. The molecular weight excluding hydrogens is 354 g/mol. The van der Waals surface area contributed by atoms with Crippen molar-refractivity contribution < 1.29 is 19.1 Å². The van der Waals surface area contributed by atoms with E-state index in [4.69, 9.17) is 9.47 Å². The maximum atomic E-state index is 12.5. The molecule has 0 fully saturated rings. The molecule has 0 aliphatic rings. The Kier molecular flexibility index (Phi) is 7.15. The largest absolute Gasteiger partial charge is 0.496 e. The van der Waals surface area contributed by atoms with E-state index in [0.717, 1.165) is 11.1 Å². The Morgan fingerprint density at radius 2 is 1.61 bits per heavy atom. The molecule has 0 saturated heterocycles. The fraction of sp³-hybridized carbons (Fsp3) is 0.217. The van der Waals surface area contributed by atoms with Crippen LogP contribution in [-0.4, -0.2) is 44.9 Å². The van der Waals surface area contributed by atoms with Crippen molar-refractivity contribution in [3.05, 3.63) is 77.4 Å². The summed E-state index contributed by atoms with van der Waals surface area (Å²) in [6.45, 7) is 3.76. The van der Waals surface area contributed by atoms with Crippen LogP contribution in [0.25, 0.3) is 6.08 Å². The molecule has 0 aliphatic carbocycles. The highest BCUT2D eigenvalue weighted by atomic mass is 16.5. The Balaban J connectivity index is 2.27.